The number of benzene rings is 4. The number of aliphatic carboxylic acids is 1. The summed E-state index contributed by atoms with van der Waals surface area (Å²) < 4.78 is 0. The Bertz CT molecular complexity index is 1060. The molecule has 0 aliphatic heterocycles. The molecule has 0 saturated carbocycles. The van der Waals surface area contributed by atoms with Gasteiger partial charge in [0.25, 0.3) is 0 Å². The zero-order valence-electron chi connectivity index (χ0n) is 13.3. The molecule has 0 amide bonds. The molecule has 0 spiro atoms. The minimum absolute atomic E-state index is 0.207. The summed E-state index contributed by atoms with van der Waals surface area (Å²) in [6.07, 6.45) is 1.64. The van der Waals surface area contributed by atoms with Crippen LogP contribution in [0.4, 0.5) is 0 Å². The number of hydrogen-bond acceptors (Lipinski definition) is 1. The van der Waals surface area contributed by atoms with Crippen LogP contribution in [-0.2, 0) is 11.2 Å². The van der Waals surface area contributed by atoms with Crippen molar-refractivity contribution in [3.8, 4) is 0 Å². The summed E-state index contributed by atoms with van der Waals surface area (Å²) in [5.41, 5.74) is 1.26. The molecule has 0 fully saturated rings. The van der Waals surface area contributed by atoms with Gasteiger partial charge in [-0.1, -0.05) is 60.7 Å². The lowest BCUT2D eigenvalue weighted by Gasteiger charge is -2.13. The van der Waals surface area contributed by atoms with Crippen LogP contribution >= 0.6 is 0 Å². The van der Waals surface area contributed by atoms with Crippen molar-refractivity contribution in [1.82, 2.24) is 0 Å². The molecule has 2 heteroatoms. The lowest BCUT2D eigenvalue weighted by Crippen LogP contribution is -1.97. The highest BCUT2D eigenvalue weighted by Gasteiger charge is 2.10. The first-order valence-electron chi connectivity index (χ1n) is 8.28. The highest BCUT2D eigenvalue weighted by Crippen LogP contribution is 2.34. The molecule has 0 saturated heterocycles. The van der Waals surface area contributed by atoms with E-state index in [4.69, 9.17) is 5.11 Å². The number of carbonyl (C=O) groups is 1. The van der Waals surface area contributed by atoms with Gasteiger partial charge < -0.3 is 5.11 Å². The molecule has 0 bridgehead atoms. The monoisotopic (exact) mass is 314 g/mol. The fourth-order valence-electron chi connectivity index (χ4n) is 3.60. The van der Waals surface area contributed by atoms with Gasteiger partial charge in [-0.2, -0.15) is 0 Å². The number of carboxylic acids is 1. The van der Waals surface area contributed by atoms with E-state index in [1.165, 1.54) is 37.9 Å². The number of rotatable bonds is 4. The van der Waals surface area contributed by atoms with Gasteiger partial charge in [0, 0.05) is 6.42 Å². The normalized spacial score (nSPS) is 11.3. The van der Waals surface area contributed by atoms with Gasteiger partial charge in [0.05, 0.1) is 0 Å². The third-order valence-electron chi connectivity index (χ3n) is 4.70. The van der Waals surface area contributed by atoms with E-state index in [9.17, 15) is 4.79 Å². The molecule has 0 radical (unpaired) electrons. The van der Waals surface area contributed by atoms with Crippen molar-refractivity contribution in [2.75, 3.05) is 0 Å². The van der Waals surface area contributed by atoms with E-state index >= 15 is 0 Å². The Hall–Kier alpha value is -2.87. The number of fused-ring (bicyclic) bond motifs is 4. The molecule has 2 nitrogen and oxygen atoms in total. The van der Waals surface area contributed by atoms with Crippen LogP contribution in [0.1, 0.15) is 18.4 Å². The largest absolute Gasteiger partial charge is 0.481 e. The highest BCUT2D eigenvalue weighted by molar-refractivity contribution is 6.14. The van der Waals surface area contributed by atoms with E-state index in [-0.39, 0.29) is 6.42 Å². The maximum Gasteiger partial charge on any atom is 0.303 e. The standard InChI is InChI=1S/C22H18O2/c23-22(24)11-5-10-19-18-9-4-2-7-16(18)14-21-17-8-3-1-6-15(17)12-13-20(19)21/h1-4,6-9,12-14H,5,10-11H2,(H,23,24). The molecule has 24 heavy (non-hydrogen) atoms. The van der Waals surface area contributed by atoms with E-state index in [0.717, 1.165) is 6.42 Å². The maximum absolute atomic E-state index is 10.9. The number of carboxylic acid groups (broad SMARTS) is 1. The van der Waals surface area contributed by atoms with E-state index in [0.29, 0.717) is 6.42 Å². The van der Waals surface area contributed by atoms with Crippen LogP contribution in [0.3, 0.4) is 0 Å². The predicted octanol–water partition coefficient (Wildman–Crippen LogP) is 5.55. The first-order valence-corrected chi connectivity index (χ1v) is 8.28. The molecule has 0 aromatic heterocycles. The molecule has 4 aromatic carbocycles. The average molecular weight is 314 g/mol. The van der Waals surface area contributed by atoms with Crippen molar-refractivity contribution in [1.29, 1.82) is 0 Å². The Morgan fingerprint density at radius 1 is 0.750 bits per heavy atom. The first kappa shape index (κ1) is 14.7. The molecular weight excluding hydrogens is 296 g/mol. The molecular formula is C22H18O2. The summed E-state index contributed by atoms with van der Waals surface area (Å²) in [5.74, 6) is -0.731. The molecule has 4 rings (SSSR count). The van der Waals surface area contributed by atoms with Crippen molar-refractivity contribution in [2.45, 2.75) is 19.3 Å². The second-order valence-corrected chi connectivity index (χ2v) is 6.21. The van der Waals surface area contributed by atoms with Gasteiger partial charge >= 0.3 is 5.97 Å². The summed E-state index contributed by atoms with van der Waals surface area (Å²) in [4.78, 5) is 10.9. The Labute approximate surface area is 140 Å². The molecule has 0 unspecified atom stereocenters. The van der Waals surface area contributed by atoms with E-state index in [1.807, 2.05) is 0 Å². The zero-order chi connectivity index (χ0) is 16.5. The Morgan fingerprint density at radius 3 is 2.25 bits per heavy atom. The SMILES string of the molecule is O=C(O)CCCc1c2ccccc2cc2c1ccc1ccccc12. The van der Waals surface area contributed by atoms with Crippen molar-refractivity contribution < 1.29 is 9.90 Å². The van der Waals surface area contributed by atoms with Crippen molar-refractivity contribution in [2.24, 2.45) is 0 Å². The lowest BCUT2D eigenvalue weighted by atomic mass is 9.91. The maximum atomic E-state index is 10.9. The molecule has 0 heterocycles. The van der Waals surface area contributed by atoms with Gasteiger partial charge in [-0.05, 0) is 56.8 Å². The Morgan fingerprint density at radius 2 is 1.46 bits per heavy atom. The predicted molar refractivity (Wildman–Crippen MR) is 99.5 cm³/mol. The van der Waals surface area contributed by atoms with Gasteiger partial charge in [-0.3, -0.25) is 4.79 Å². The summed E-state index contributed by atoms with van der Waals surface area (Å²) >= 11 is 0. The minimum Gasteiger partial charge on any atom is -0.481 e. The Balaban J connectivity index is 2.00. The van der Waals surface area contributed by atoms with Crippen molar-refractivity contribution in [3.05, 3.63) is 72.3 Å². The fourth-order valence-corrected chi connectivity index (χ4v) is 3.60. The van der Waals surface area contributed by atoms with Gasteiger partial charge in [-0.15, -0.1) is 0 Å². The molecule has 0 aliphatic carbocycles. The minimum atomic E-state index is -0.731. The highest BCUT2D eigenvalue weighted by atomic mass is 16.4. The van der Waals surface area contributed by atoms with Crippen LogP contribution < -0.4 is 0 Å². The molecule has 118 valence electrons. The molecule has 1 N–H and O–H groups in total. The second-order valence-electron chi connectivity index (χ2n) is 6.21. The third-order valence-corrected chi connectivity index (χ3v) is 4.70. The van der Waals surface area contributed by atoms with Crippen LogP contribution in [0, 0.1) is 0 Å². The zero-order valence-corrected chi connectivity index (χ0v) is 13.3. The Kier molecular flexibility index (Phi) is 3.66. The number of hydrogen-bond donors (Lipinski definition) is 1. The van der Waals surface area contributed by atoms with Gasteiger partial charge in [0.1, 0.15) is 0 Å². The van der Waals surface area contributed by atoms with Crippen molar-refractivity contribution in [3.63, 3.8) is 0 Å². The average Bonchev–Trinajstić information content (AvgIpc) is 2.61. The summed E-state index contributed by atoms with van der Waals surface area (Å²) in [6, 6.07) is 23.4. The van der Waals surface area contributed by atoms with Crippen LogP contribution in [0.2, 0.25) is 0 Å². The third kappa shape index (κ3) is 2.50. The molecule has 0 aliphatic rings. The summed E-state index contributed by atoms with van der Waals surface area (Å²) in [7, 11) is 0. The quantitative estimate of drug-likeness (QED) is 0.396. The number of aryl methyl sites for hydroxylation is 1. The van der Waals surface area contributed by atoms with Crippen LogP contribution in [0.25, 0.3) is 32.3 Å². The molecule has 4 aromatic rings. The summed E-state index contributed by atoms with van der Waals surface area (Å²) in [6.45, 7) is 0. The first-order chi connectivity index (χ1) is 11.7. The van der Waals surface area contributed by atoms with Gasteiger partial charge in [-0.25, -0.2) is 0 Å². The van der Waals surface area contributed by atoms with Crippen LogP contribution in [-0.4, -0.2) is 11.1 Å². The van der Waals surface area contributed by atoms with Crippen LogP contribution in [0.5, 0.6) is 0 Å². The van der Waals surface area contributed by atoms with Gasteiger partial charge in [0.15, 0.2) is 0 Å². The van der Waals surface area contributed by atoms with Crippen LogP contribution in [0.15, 0.2) is 66.7 Å². The van der Waals surface area contributed by atoms with Gasteiger partial charge in [0.2, 0.25) is 0 Å². The summed E-state index contributed by atoms with van der Waals surface area (Å²) in [5, 5.41) is 16.4. The van der Waals surface area contributed by atoms with Crippen molar-refractivity contribution >= 4 is 38.3 Å². The lowest BCUT2D eigenvalue weighted by molar-refractivity contribution is -0.137. The molecule has 0 atom stereocenters. The second kappa shape index (κ2) is 5.97. The van der Waals surface area contributed by atoms with E-state index < -0.39 is 5.97 Å². The smallest absolute Gasteiger partial charge is 0.303 e. The van der Waals surface area contributed by atoms with E-state index in [1.54, 1.807) is 0 Å². The topological polar surface area (TPSA) is 37.3 Å². The fraction of sp³-hybridized carbons (Fsp3) is 0.136. The van der Waals surface area contributed by atoms with E-state index in [2.05, 4.69) is 66.7 Å².